The van der Waals surface area contributed by atoms with E-state index in [1.807, 2.05) is 22.8 Å². The number of aliphatic hydroxyl groups excluding tert-OH is 1. The van der Waals surface area contributed by atoms with Crippen LogP contribution in [-0.4, -0.2) is 50.7 Å². The Labute approximate surface area is 186 Å². The van der Waals surface area contributed by atoms with E-state index in [2.05, 4.69) is 46.5 Å². The summed E-state index contributed by atoms with van der Waals surface area (Å²) in [5.74, 6) is 1.51. The summed E-state index contributed by atoms with van der Waals surface area (Å²) >= 11 is 0. The van der Waals surface area contributed by atoms with E-state index in [-0.39, 0.29) is 0 Å². The van der Waals surface area contributed by atoms with Gasteiger partial charge in [-0.2, -0.15) is 5.10 Å². The number of aliphatic hydroxyl groups is 1. The van der Waals surface area contributed by atoms with E-state index in [0.717, 1.165) is 39.4 Å². The third-order valence-corrected chi connectivity index (χ3v) is 5.89. The average molecular weight is 434 g/mol. The summed E-state index contributed by atoms with van der Waals surface area (Å²) in [6.07, 6.45) is 3.06. The first-order valence-electron chi connectivity index (χ1n) is 10.8. The minimum absolute atomic E-state index is 0.455. The Balaban J connectivity index is 1.21. The van der Waals surface area contributed by atoms with Gasteiger partial charge in [0.1, 0.15) is 13.2 Å². The fourth-order valence-electron chi connectivity index (χ4n) is 4.02. The summed E-state index contributed by atoms with van der Waals surface area (Å²) in [7, 11) is 0. The van der Waals surface area contributed by atoms with Crippen LogP contribution in [0.1, 0.15) is 16.7 Å². The zero-order valence-electron chi connectivity index (χ0n) is 18.3. The molecule has 0 saturated heterocycles. The molecule has 0 saturated carbocycles. The summed E-state index contributed by atoms with van der Waals surface area (Å²) in [6.45, 7) is 6.82. The Morgan fingerprint density at radius 2 is 1.94 bits per heavy atom. The maximum atomic E-state index is 10.6. The van der Waals surface area contributed by atoms with Gasteiger partial charge in [0.15, 0.2) is 11.5 Å². The van der Waals surface area contributed by atoms with Crippen molar-refractivity contribution in [3.8, 4) is 22.8 Å². The maximum absolute atomic E-state index is 10.6. The number of imidazole rings is 1. The molecule has 0 bridgehead atoms. The number of hydrogen-bond acceptors (Lipinski definition) is 6. The zero-order valence-corrected chi connectivity index (χ0v) is 18.3. The van der Waals surface area contributed by atoms with Gasteiger partial charge in [-0.3, -0.25) is 5.10 Å². The Morgan fingerprint density at radius 1 is 1.12 bits per heavy atom. The number of aromatic amines is 1. The summed E-state index contributed by atoms with van der Waals surface area (Å²) in [5, 5.41) is 21.2. The van der Waals surface area contributed by atoms with Crippen LogP contribution in [0.3, 0.4) is 0 Å². The Hall–Kier alpha value is -3.36. The topological polar surface area (TPSA) is 97.2 Å². The van der Waals surface area contributed by atoms with E-state index in [1.165, 1.54) is 11.1 Å². The molecule has 4 aromatic rings. The molecule has 1 aliphatic rings. The van der Waals surface area contributed by atoms with Crippen LogP contribution >= 0.6 is 0 Å². The molecule has 2 aromatic heterocycles. The fourth-order valence-corrected chi connectivity index (χ4v) is 4.02. The zero-order chi connectivity index (χ0) is 22.1. The van der Waals surface area contributed by atoms with Gasteiger partial charge in [0.2, 0.25) is 0 Å². The first-order chi connectivity index (χ1) is 15.6. The summed E-state index contributed by atoms with van der Waals surface area (Å²) in [4.78, 5) is 4.47. The van der Waals surface area contributed by atoms with Gasteiger partial charge < -0.3 is 24.5 Å². The van der Waals surface area contributed by atoms with Crippen molar-refractivity contribution in [2.45, 2.75) is 33.0 Å². The van der Waals surface area contributed by atoms with E-state index in [4.69, 9.17) is 9.47 Å². The maximum Gasteiger partial charge on any atom is 0.162 e. The van der Waals surface area contributed by atoms with Gasteiger partial charge in [0.25, 0.3) is 0 Å². The highest BCUT2D eigenvalue weighted by Gasteiger charge is 2.16. The van der Waals surface area contributed by atoms with Gasteiger partial charge in [-0.15, -0.1) is 0 Å². The molecule has 3 heterocycles. The molecule has 0 radical (unpaired) electrons. The van der Waals surface area contributed by atoms with Gasteiger partial charge in [0.05, 0.1) is 41.9 Å². The number of aromatic nitrogens is 4. The lowest BCUT2D eigenvalue weighted by molar-refractivity contribution is 0.152. The van der Waals surface area contributed by atoms with Crippen molar-refractivity contribution in [2.24, 2.45) is 0 Å². The average Bonchev–Trinajstić information content (AvgIpc) is 3.41. The number of aryl methyl sites for hydroxylation is 2. The molecule has 2 aromatic carbocycles. The van der Waals surface area contributed by atoms with Gasteiger partial charge in [0, 0.05) is 24.2 Å². The van der Waals surface area contributed by atoms with Crippen LogP contribution < -0.4 is 14.8 Å². The first kappa shape index (κ1) is 20.5. The quantitative estimate of drug-likeness (QED) is 0.415. The monoisotopic (exact) mass is 433 g/mol. The van der Waals surface area contributed by atoms with Crippen molar-refractivity contribution in [1.29, 1.82) is 0 Å². The van der Waals surface area contributed by atoms with Crippen molar-refractivity contribution in [2.75, 3.05) is 19.8 Å². The number of fused-ring (bicyclic) bond motifs is 2. The van der Waals surface area contributed by atoms with Crippen LogP contribution in [0, 0.1) is 13.8 Å². The molecule has 0 fully saturated rings. The number of benzene rings is 2. The van der Waals surface area contributed by atoms with Crippen LogP contribution in [0.2, 0.25) is 0 Å². The first-order valence-corrected chi connectivity index (χ1v) is 10.8. The van der Waals surface area contributed by atoms with Crippen molar-refractivity contribution < 1.29 is 14.6 Å². The highest BCUT2D eigenvalue weighted by Crippen LogP contribution is 2.34. The van der Waals surface area contributed by atoms with Gasteiger partial charge in [-0.05, 0) is 55.3 Å². The Morgan fingerprint density at radius 3 is 2.81 bits per heavy atom. The summed E-state index contributed by atoms with van der Waals surface area (Å²) in [5.41, 5.74) is 7.37. The molecule has 0 spiro atoms. The molecular formula is C24H27N5O3. The predicted molar refractivity (Wildman–Crippen MR) is 122 cm³/mol. The van der Waals surface area contributed by atoms with Gasteiger partial charge >= 0.3 is 0 Å². The molecular weight excluding hydrogens is 406 g/mol. The lowest BCUT2D eigenvalue weighted by Crippen LogP contribution is -2.29. The second-order valence-electron chi connectivity index (χ2n) is 8.24. The molecule has 0 aliphatic carbocycles. The fraction of sp³-hybridized carbons (Fsp3) is 0.333. The molecule has 166 valence electrons. The number of nitrogens with zero attached hydrogens (tertiary/aromatic N) is 3. The van der Waals surface area contributed by atoms with E-state index in [1.54, 1.807) is 12.5 Å². The van der Waals surface area contributed by atoms with E-state index < -0.39 is 6.10 Å². The van der Waals surface area contributed by atoms with Crippen LogP contribution in [0.15, 0.2) is 42.9 Å². The van der Waals surface area contributed by atoms with Crippen LogP contribution in [-0.2, 0) is 13.1 Å². The molecule has 5 rings (SSSR count). The molecule has 32 heavy (non-hydrogen) atoms. The number of rotatable bonds is 7. The highest BCUT2D eigenvalue weighted by atomic mass is 16.6. The van der Waals surface area contributed by atoms with Crippen LogP contribution in [0.4, 0.5) is 0 Å². The standard InChI is InChI=1S/C24H27N5O3/c1-15-7-20-21(8-16(15)2)29(14-26-20)13-19(30)12-25-10-18-11-27-28-24(18)17-3-4-22-23(9-17)32-6-5-31-22/h3-4,7-9,11,14,19,25,30H,5-6,10,12-13H2,1-2H3,(H,27,28)/t19-/m0/s1. The Bertz CT molecular complexity index is 1250. The second-order valence-corrected chi connectivity index (χ2v) is 8.24. The molecule has 0 amide bonds. The number of H-pyrrole nitrogens is 1. The van der Waals surface area contributed by atoms with Gasteiger partial charge in [-0.1, -0.05) is 0 Å². The molecule has 8 nitrogen and oxygen atoms in total. The van der Waals surface area contributed by atoms with Crippen molar-refractivity contribution >= 4 is 11.0 Å². The van der Waals surface area contributed by atoms with E-state index >= 15 is 0 Å². The van der Waals surface area contributed by atoms with Crippen molar-refractivity contribution in [1.82, 2.24) is 25.1 Å². The Kier molecular flexibility index (Phi) is 5.55. The largest absolute Gasteiger partial charge is 0.486 e. The second kappa shape index (κ2) is 8.64. The minimum Gasteiger partial charge on any atom is -0.486 e. The van der Waals surface area contributed by atoms with Gasteiger partial charge in [-0.25, -0.2) is 4.98 Å². The normalized spacial score (nSPS) is 14.1. The molecule has 0 unspecified atom stereocenters. The lowest BCUT2D eigenvalue weighted by Gasteiger charge is -2.19. The lowest BCUT2D eigenvalue weighted by atomic mass is 10.1. The SMILES string of the molecule is Cc1cc2ncn(C[C@@H](O)CNCc3cn[nH]c3-c3ccc4c(c3)OCCO4)c2cc1C. The van der Waals surface area contributed by atoms with E-state index in [9.17, 15) is 5.11 Å². The molecule has 8 heteroatoms. The third-order valence-electron chi connectivity index (χ3n) is 5.89. The number of ether oxygens (including phenoxy) is 2. The summed E-state index contributed by atoms with van der Waals surface area (Å²) in [6, 6.07) is 10.1. The van der Waals surface area contributed by atoms with E-state index in [0.29, 0.717) is 32.8 Å². The van der Waals surface area contributed by atoms with Crippen LogP contribution in [0.5, 0.6) is 11.5 Å². The highest BCUT2D eigenvalue weighted by molar-refractivity contribution is 5.77. The molecule has 1 aliphatic heterocycles. The van der Waals surface area contributed by atoms with Crippen molar-refractivity contribution in [3.05, 3.63) is 59.5 Å². The minimum atomic E-state index is -0.543. The third kappa shape index (κ3) is 4.06. The summed E-state index contributed by atoms with van der Waals surface area (Å²) < 4.78 is 13.3. The number of hydrogen-bond donors (Lipinski definition) is 3. The molecule has 3 N–H and O–H groups in total. The van der Waals surface area contributed by atoms with Crippen molar-refractivity contribution in [3.63, 3.8) is 0 Å². The van der Waals surface area contributed by atoms with Crippen LogP contribution in [0.25, 0.3) is 22.3 Å². The smallest absolute Gasteiger partial charge is 0.162 e. The number of nitrogens with one attached hydrogen (secondary N) is 2. The predicted octanol–water partition coefficient (Wildman–Crippen LogP) is 2.97. The molecule has 1 atom stereocenters.